The molecule has 2 aliphatic heterocycles. The lowest BCUT2D eigenvalue weighted by Gasteiger charge is -2.18. The molecule has 1 N–H and O–H groups in total. The quantitative estimate of drug-likeness (QED) is 0.620. The van der Waals surface area contributed by atoms with Crippen LogP contribution in [-0.2, 0) is 0 Å². The van der Waals surface area contributed by atoms with Crippen molar-refractivity contribution < 1.29 is 13.2 Å². The number of halogens is 3. The number of alkyl halides is 3. The zero-order valence-electron chi connectivity index (χ0n) is 6.73. The molecular formula is C7H8F3N3. The average molecular weight is 191 g/mol. The molecule has 0 amide bonds. The summed E-state index contributed by atoms with van der Waals surface area (Å²) in [6.07, 6.45) is -3.88. The van der Waals surface area contributed by atoms with Crippen molar-refractivity contribution >= 4 is 0 Å². The average Bonchev–Trinajstić information content (AvgIpc) is 2.45. The van der Waals surface area contributed by atoms with Gasteiger partial charge in [-0.05, 0) is 18.5 Å². The lowest BCUT2D eigenvalue weighted by atomic mass is 10.0. The largest absolute Gasteiger partial charge is 0.416 e. The molecule has 72 valence electrons. The van der Waals surface area contributed by atoms with E-state index in [1.165, 1.54) is 0 Å². The van der Waals surface area contributed by atoms with E-state index in [1.54, 1.807) is 0 Å². The molecule has 2 heterocycles. The molecule has 0 saturated carbocycles. The lowest BCUT2D eigenvalue weighted by molar-refractivity contribution is -0.139. The summed E-state index contributed by atoms with van der Waals surface area (Å²) in [7, 11) is 0. The maximum Gasteiger partial charge on any atom is 0.416 e. The Bertz CT molecular complexity index is 279. The standard InChI is InChI=1S/C7H8F3N3/c8-7(9,10)6-4-1-2-11-3-5(4)12-13-6/h6,11H,1-3H2/t6-/m1/s1. The van der Waals surface area contributed by atoms with Crippen LogP contribution in [0.3, 0.4) is 0 Å². The Kier molecular flexibility index (Phi) is 1.87. The van der Waals surface area contributed by atoms with E-state index in [-0.39, 0.29) is 0 Å². The van der Waals surface area contributed by atoms with Gasteiger partial charge in [0.2, 0.25) is 0 Å². The van der Waals surface area contributed by atoms with E-state index in [4.69, 9.17) is 0 Å². The Balaban J connectivity index is 2.26. The number of hydrogen-bond acceptors (Lipinski definition) is 3. The predicted molar refractivity (Wildman–Crippen MR) is 39.2 cm³/mol. The van der Waals surface area contributed by atoms with Crippen LogP contribution in [0, 0.1) is 0 Å². The number of nitrogens with one attached hydrogen (secondary N) is 1. The van der Waals surface area contributed by atoms with E-state index >= 15 is 0 Å². The molecule has 0 saturated heterocycles. The summed E-state index contributed by atoms with van der Waals surface area (Å²) < 4.78 is 37.0. The molecule has 0 aromatic heterocycles. The lowest BCUT2D eigenvalue weighted by Crippen LogP contribution is -2.32. The Morgan fingerprint density at radius 1 is 1.38 bits per heavy atom. The fraction of sp³-hybridized carbons (Fsp3) is 0.714. The molecule has 0 fully saturated rings. The molecule has 6 heteroatoms. The van der Waals surface area contributed by atoms with Gasteiger partial charge in [-0.25, -0.2) is 0 Å². The molecule has 0 bridgehead atoms. The fourth-order valence-corrected chi connectivity index (χ4v) is 1.54. The van der Waals surface area contributed by atoms with Crippen LogP contribution in [0.2, 0.25) is 0 Å². The van der Waals surface area contributed by atoms with Gasteiger partial charge in [-0.2, -0.15) is 23.4 Å². The molecule has 2 aliphatic rings. The molecule has 0 aliphatic carbocycles. The van der Waals surface area contributed by atoms with Crippen LogP contribution in [0.25, 0.3) is 0 Å². The Morgan fingerprint density at radius 2 is 2.15 bits per heavy atom. The molecular weight excluding hydrogens is 183 g/mol. The number of azo groups is 1. The first-order valence-electron chi connectivity index (χ1n) is 3.99. The first kappa shape index (κ1) is 8.68. The summed E-state index contributed by atoms with van der Waals surface area (Å²) in [4.78, 5) is 0. The van der Waals surface area contributed by atoms with E-state index in [0.717, 1.165) is 0 Å². The molecule has 0 aromatic rings. The summed E-state index contributed by atoms with van der Waals surface area (Å²) in [5, 5.41) is 9.71. The smallest absolute Gasteiger partial charge is 0.311 e. The van der Waals surface area contributed by atoms with Crippen molar-refractivity contribution in [1.82, 2.24) is 5.32 Å². The van der Waals surface area contributed by atoms with Crippen molar-refractivity contribution in [3.8, 4) is 0 Å². The Labute approximate surface area is 72.7 Å². The van der Waals surface area contributed by atoms with Crippen molar-refractivity contribution in [1.29, 1.82) is 0 Å². The summed E-state index contributed by atoms with van der Waals surface area (Å²) in [6.45, 7) is 0.988. The number of nitrogens with zero attached hydrogens (tertiary/aromatic N) is 2. The van der Waals surface area contributed by atoms with Gasteiger partial charge in [-0.15, -0.1) is 0 Å². The van der Waals surface area contributed by atoms with Crippen LogP contribution >= 0.6 is 0 Å². The van der Waals surface area contributed by atoms with E-state index in [9.17, 15) is 13.2 Å². The van der Waals surface area contributed by atoms with Crippen molar-refractivity contribution in [2.75, 3.05) is 13.1 Å². The van der Waals surface area contributed by atoms with Crippen molar-refractivity contribution in [2.45, 2.75) is 18.6 Å². The van der Waals surface area contributed by atoms with Gasteiger partial charge >= 0.3 is 6.18 Å². The van der Waals surface area contributed by atoms with E-state index < -0.39 is 12.2 Å². The molecule has 0 spiro atoms. The minimum atomic E-state index is -4.28. The van der Waals surface area contributed by atoms with Gasteiger partial charge < -0.3 is 5.32 Å². The fourth-order valence-electron chi connectivity index (χ4n) is 1.54. The van der Waals surface area contributed by atoms with Crippen LogP contribution < -0.4 is 5.32 Å². The van der Waals surface area contributed by atoms with Crippen molar-refractivity contribution in [2.24, 2.45) is 10.2 Å². The summed E-state index contributed by atoms with van der Waals surface area (Å²) >= 11 is 0. The van der Waals surface area contributed by atoms with Gasteiger partial charge in [0.15, 0.2) is 6.04 Å². The second kappa shape index (κ2) is 2.80. The highest BCUT2D eigenvalue weighted by molar-refractivity contribution is 5.27. The SMILES string of the molecule is FC(F)(F)[C@@H]1N=NC2=C1CCNC2. The highest BCUT2D eigenvalue weighted by atomic mass is 19.4. The van der Waals surface area contributed by atoms with Crippen LogP contribution in [0.4, 0.5) is 13.2 Å². The van der Waals surface area contributed by atoms with Gasteiger partial charge in [-0.1, -0.05) is 0 Å². The van der Waals surface area contributed by atoms with Gasteiger partial charge in [0.1, 0.15) is 0 Å². The molecule has 3 nitrogen and oxygen atoms in total. The van der Waals surface area contributed by atoms with Gasteiger partial charge in [0, 0.05) is 6.54 Å². The zero-order valence-corrected chi connectivity index (χ0v) is 6.73. The van der Waals surface area contributed by atoms with E-state index in [1.807, 2.05) is 0 Å². The second-order valence-electron chi connectivity index (χ2n) is 3.06. The van der Waals surface area contributed by atoms with Gasteiger partial charge in [-0.3, -0.25) is 0 Å². The van der Waals surface area contributed by atoms with Crippen LogP contribution in [0.1, 0.15) is 6.42 Å². The minimum Gasteiger partial charge on any atom is -0.311 e. The van der Waals surface area contributed by atoms with Crippen LogP contribution in [0.5, 0.6) is 0 Å². The highest BCUT2D eigenvalue weighted by Gasteiger charge is 2.46. The molecule has 0 aromatic carbocycles. The van der Waals surface area contributed by atoms with E-state index in [0.29, 0.717) is 30.8 Å². The Morgan fingerprint density at radius 3 is 2.85 bits per heavy atom. The van der Waals surface area contributed by atoms with Crippen LogP contribution in [0.15, 0.2) is 21.5 Å². The summed E-state index contributed by atoms with van der Waals surface area (Å²) in [5.41, 5.74) is 0.805. The summed E-state index contributed by atoms with van der Waals surface area (Å²) in [5.74, 6) is 0. The minimum absolute atomic E-state index is 0.339. The zero-order chi connectivity index (χ0) is 9.47. The third kappa shape index (κ3) is 1.46. The molecule has 13 heavy (non-hydrogen) atoms. The van der Waals surface area contributed by atoms with Gasteiger partial charge in [0.25, 0.3) is 0 Å². The first-order chi connectivity index (χ1) is 6.09. The van der Waals surface area contributed by atoms with E-state index in [2.05, 4.69) is 15.5 Å². The third-order valence-corrected chi connectivity index (χ3v) is 2.17. The molecule has 2 rings (SSSR count). The number of rotatable bonds is 0. The van der Waals surface area contributed by atoms with Crippen LogP contribution in [-0.4, -0.2) is 25.3 Å². The monoisotopic (exact) mass is 191 g/mol. The topological polar surface area (TPSA) is 36.8 Å². The maximum atomic E-state index is 12.3. The highest BCUT2D eigenvalue weighted by Crippen LogP contribution is 2.36. The predicted octanol–water partition coefficient (Wildman–Crippen LogP) is 1.63. The normalized spacial score (nSPS) is 28.1. The van der Waals surface area contributed by atoms with Crippen molar-refractivity contribution in [3.05, 3.63) is 11.3 Å². The van der Waals surface area contributed by atoms with Crippen molar-refractivity contribution in [3.63, 3.8) is 0 Å². The Hall–Kier alpha value is -0.910. The van der Waals surface area contributed by atoms with Gasteiger partial charge in [0.05, 0.1) is 5.70 Å². The summed E-state index contributed by atoms with van der Waals surface area (Å²) in [6, 6.07) is -1.68. The maximum absolute atomic E-state index is 12.3. The first-order valence-corrected chi connectivity index (χ1v) is 3.99. The molecule has 0 radical (unpaired) electrons. The molecule has 1 atom stereocenters. The third-order valence-electron chi connectivity index (χ3n) is 2.17. The second-order valence-corrected chi connectivity index (χ2v) is 3.06. The molecule has 0 unspecified atom stereocenters. The number of hydrogen-bond donors (Lipinski definition) is 1.